The number of benzene rings is 2. The van der Waals surface area contributed by atoms with Gasteiger partial charge in [-0.3, -0.25) is 9.59 Å². The van der Waals surface area contributed by atoms with Crippen molar-refractivity contribution in [2.75, 3.05) is 5.32 Å². The average Bonchev–Trinajstić information content (AvgIpc) is 2.66. The van der Waals surface area contributed by atoms with Crippen molar-refractivity contribution in [3.63, 3.8) is 0 Å². The molecule has 0 aliphatic rings. The van der Waals surface area contributed by atoms with Crippen LogP contribution in [-0.4, -0.2) is 10.5 Å². The van der Waals surface area contributed by atoms with Gasteiger partial charge < -0.3 is 9.88 Å². The number of nitrogens with one attached hydrogen (secondary N) is 1. The fraction of sp³-hybridized carbons (Fsp3) is 0.217. The topological polar surface area (TPSA) is 51.1 Å². The standard InChI is InChI=1S/C23H24N2O2/c1-4-19-14-21(26)22(23(27)24-20-13-9-8-10-16(20)2)17(3)25(19)15-18-11-6-5-7-12-18/h5-14H,4,15H2,1-3H3,(H,24,27). The van der Waals surface area contributed by atoms with Crippen molar-refractivity contribution >= 4 is 11.6 Å². The van der Waals surface area contributed by atoms with Gasteiger partial charge in [0.1, 0.15) is 5.56 Å². The molecule has 4 heteroatoms. The minimum atomic E-state index is -0.365. The highest BCUT2D eigenvalue weighted by atomic mass is 16.2. The fourth-order valence-electron chi connectivity index (χ4n) is 3.28. The Morgan fingerprint density at radius 3 is 2.33 bits per heavy atom. The molecule has 1 heterocycles. The molecule has 0 radical (unpaired) electrons. The van der Waals surface area contributed by atoms with Crippen LogP contribution in [0.15, 0.2) is 65.5 Å². The summed E-state index contributed by atoms with van der Waals surface area (Å²) in [6.07, 6.45) is 0.725. The summed E-state index contributed by atoms with van der Waals surface area (Å²) in [7, 11) is 0. The molecule has 0 saturated heterocycles. The number of anilines is 1. The van der Waals surface area contributed by atoms with Gasteiger partial charge in [0.15, 0.2) is 5.43 Å². The molecule has 0 unspecified atom stereocenters. The van der Waals surface area contributed by atoms with Gasteiger partial charge in [-0.15, -0.1) is 0 Å². The maximum Gasteiger partial charge on any atom is 0.261 e. The largest absolute Gasteiger partial charge is 0.343 e. The zero-order valence-corrected chi connectivity index (χ0v) is 16.0. The van der Waals surface area contributed by atoms with Crippen LogP contribution >= 0.6 is 0 Å². The average molecular weight is 360 g/mol. The molecule has 0 aliphatic carbocycles. The summed E-state index contributed by atoms with van der Waals surface area (Å²) < 4.78 is 2.06. The number of pyridine rings is 1. The molecule has 1 amide bonds. The van der Waals surface area contributed by atoms with Crippen molar-refractivity contribution < 1.29 is 4.79 Å². The lowest BCUT2D eigenvalue weighted by molar-refractivity contribution is 0.102. The van der Waals surface area contributed by atoms with E-state index in [9.17, 15) is 9.59 Å². The second-order valence-corrected chi connectivity index (χ2v) is 6.65. The van der Waals surface area contributed by atoms with Crippen LogP contribution in [0.5, 0.6) is 0 Å². The molecular weight excluding hydrogens is 336 g/mol. The predicted octanol–water partition coefficient (Wildman–Crippen LogP) is 4.33. The molecule has 0 bridgehead atoms. The van der Waals surface area contributed by atoms with Crippen molar-refractivity contribution in [2.24, 2.45) is 0 Å². The lowest BCUT2D eigenvalue weighted by Gasteiger charge is -2.19. The second kappa shape index (κ2) is 8.04. The number of rotatable bonds is 5. The van der Waals surface area contributed by atoms with Gasteiger partial charge in [-0.1, -0.05) is 55.5 Å². The number of amides is 1. The van der Waals surface area contributed by atoms with Crippen LogP contribution in [0.2, 0.25) is 0 Å². The molecule has 1 aromatic heterocycles. The van der Waals surface area contributed by atoms with Crippen LogP contribution in [0.25, 0.3) is 0 Å². The van der Waals surface area contributed by atoms with Crippen LogP contribution < -0.4 is 10.7 Å². The molecule has 0 aliphatic heterocycles. The normalized spacial score (nSPS) is 10.6. The predicted molar refractivity (Wildman–Crippen MR) is 109 cm³/mol. The summed E-state index contributed by atoms with van der Waals surface area (Å²) in [5.74, 6) is -0.365. The molecule has 0 spiro atoms. The maximum atomic E-state index is 12.9. The van der Waals surface area contributed by atoms with Crippen LogP contribution in [0.3, 0.4) is 0 Å². The monoisotopic (exact) mass is 360 g/mol. The Morgan fingerprint density at radius 1 is 1.00 bits per heavy atom. The van der Waals surface area contributed by atoms with E-state index in [-0.39, 0.29) is 16.9 Å². The summed E-state index contributed by atoms with van der Waals surface area (Å²) in [5.41, 5.74) is 4.38. The zero-order valence-electron chi connectivity index (χ0n) is 16.0. The lowest BCUT2D eigenvalue weighted by atomic mass is 10.1. The molecule has 3 rings (SSSR count). The first-order valence-electron chi connectivity index (χ1n) is 9.15. The Morgan fingerprint density at radius 2 is 1.67 bits per heavy atom. The molecular formula is C23H24N2O2. The number of hydrogen-bond donors (Lipinski definition) is 1. The first-order valence-corrected chi connectivity index (χ1v) is 9.15. The van der Waals surface area contributed by atoms with Crippen LogP contribution in [0, 0.1) is 13.8 Å². The van der Waals surface area contributed by atoms with Crippen LogP contribution in [-0.2, 0) is 13.0 Å². The van der Waals surface area contributed by atoms with Gasteiger partial charge >= 0.3 is 0 Å². The number of carbonyl (C=O) groups excluding carboxylic acids is 1. The van der Waals surface area contributed by atoms with Gasteiger partial charge in [0, 0.05) is 29.7 Å². The highest BCUT2D eigenvalue weighted by Gasteiger charge is 2.19. The molecule has 27 heavy (non-hydrogen) atoms. The van der Waals surface area contributed by atoms with Gasteiger partial charge in [0.2, 0.25) is 0 Å². The van der Waals surface area contributed by atoms with Crippen molar-refractivity contribution in [1.82, 2.24) is 4.57 Å². The Labute approximate surface area is 159 Å². The van der Waals surface area contributed by atoms with E-state index >= 15 is 0 Å². The fourth-order valence-corrected chi connectivity index (χ4v) is 3.28. The molecule has 0 atom stereocenters. The van der Waals surface area contributed by atoms with Crippen molar-refractivity contribution in [3.8, 4) is 0 Å². The van der Waals surface area contributed by atoms with Crippen molar-refractivity contribution in [1.29, 1.82) is 0 Å². The summed E-state index contributed by atoms with van der Waals surface area (Å²) >= 11 is 0. The highest BCUT2D eigenvalue weighted by molar-refractivity contribution is 6.05. The minimum absolute atomic E-state index is 0.200. The molecule has 1 N–H and O–H groups in total. The van der Waals surface area contributed by atoms with Gasteiger partial charge in [-0.2, -0.15) is 0 Å². The smallest absolute Gasteiger partial charge is 0.261 e. The molecule has 0 fully saturated rings. The minimum Gasteiger partial charge on any atom is -0.343 e. The van der Waals surface area contributed by atoms with E-state index in [2.05, 4.69) is 9.88 Å². The number of carbonyl (C=O) groups is 1. The van der Waals surface area contributed by atoms with Gasteiger partial charge in [-0.25, -0.2) is 0 Å². The van der Waals surface area contributed by atoms with E-state index in [0.717, 1.165) is 28.9 Å². The molecule has 0 saturated carbocycles. The summed E-state index contributed by atoms with van der Waals surface area (Å²) in [5, 5.41) is 2.88. The first-order chi connectivity index (χ1) is 13.0. The van der Waals surface area contributed by atoms with Crippen LogP contribution in [0.4, 0.5) is 5.69 Å². The van der Waals surface area contributed by atoms with E-state index in [4.69, 9.17) is 0 Å². The van der Waals surface area contributed by atoms with Crippen molar-refractivity contribution in [2.45, 2.75) is 33.7 Å². The third-order valence-electron chi connectivity index (χ3n) is 4.82. The molecule has 138 valence electrons. The van der Waals surface area contributed by atoms with E-state index in [0.29, 0.717) is 12.2 Å². The lowest BCUT2D eigenvalue weighted by Crippen LogP contribution is -2.28. The van der Waals surface area contributed by atoms with Crippen molar-refractivity contribution in [3.05, 3.63) is 99.0 Å². The highest BCUT2D eigenvalue weighted by Crippen LogP contribution is 2.17. The molecule has 2 aromatic carbocycles. The third-order valence-corrected chi connectivity index (χ3v) is 4.82. The van der Waals surface area contributed by atoms with Gasteiger partial charge in [0.25, 0.3) is 5.91 Å². The van der Waals surface area contributed by atoms with Crippen LogP contribution in [0.1, 0.15) is 39.8 Å². The third kappa shape index (κ3) is 4.00. The number of aromatic nitrogens is 1. The number of para-hydroxylation sites is 1. The number of hydrogen-bond acceptors (Lipinski definition) is 2. The Hall–Kier alpha value is -3.14. The zero-order chi connectivity index (χ0) is 19.4. The summed E-state index contributed by atoms with van der Waals surface area (Å²) in [6, 6.07) is 19.2. The Kier molecular flexibility index (Phi) is 5.55. The molecule has 4 nitrogen and oxygen atoms in total. The number of nitrogens with zero attached hydrogens (tertiary/aromatic N) is 1. The Balaban J connectivity index is 2.02. The first kappa shape index (κ1) is 18.6. The number of aryl methyl sites for hydroxylation is 2. The summed E-state index contributed by atoms with van der Waals surface area (Å²) in [6.45, 7) is 6.41. The maximum absolute atomic E-state index is 12.9. The quantitative estimate of drug-likeness (QED) is 0.736. The second-order valence-electron chi connectivity index (χ2n) is 6.65. The van der Waals surface area contributed by atoms with E-state index in [1.807, 2.05) is 75.4 Å². The van der Waals surface area contributed by atoms with Gasteiger partial charge in [0.05, 0.1) is 0 Å². The van der Waals surface area contributed by atoms with E-state index < -0.39 is 0 Å². The Bertz CT molecular complexity index is 1020. The van der Waals surface area contributed by atoms with E-state index in [1.165, 1.54) is 0 Å². The van der Waals surface area contributed by atoms with Gasteiger partial charge in [-0.05, 0) is 37.5 Å². The van der Waals surface area contributed by atoms with E-state index in [1.54, 1.807) is 6.07 Å². The molecule has 3 aromatic rings. The summed E-state index contributed by atoms with van der Waals surface area (Å²) in [4.78, 5) is 25.6. The SMILES string of the molecule is CCc1cc(=O)c(C(=O)Nc2ccccc2C)c(C)n1Cc1ccccc1.